The molecule has 0 aliphatic carbocycles. The number of ether oxygens (including phenoxy) is 1. The lowest BCUT2D eigenvalue weighted by Gasteiger charge is -2.39. The first-order valence-corrected chi connectivity index (χ1v) is 13.3. The van der Waals surface area contributed by atoms with E-state index in [1.54, 1.807) is 6.08 Å². The summed E-state index contributed by atoms with van der Waals surface area (Å²) in [5.74, 6) is -0.682. The van der Waals surface area contributed by atoms with Crippen LogP contribution in [0.1, 0.15) is 28.7 Å². The summed E-state index contributed by atoms with van der Waals surface area (Å²) in [5, 5.41) is 5.83. The number of rotatable bonds is 10. The topological polar surface area (TPSA) is 55.4 Å². The molecule has 0 radical (unpaired) electrons. The minimum absolute atomic E-state index is 0.0645. The van der Waals surface area contributed by atoms with E-state index in [4.69, 9.17) is 4.74 Å². The molecule has 0 saturated heterocycles. The molecule has 0 fully saturated rings. The van der Waals surface area contributed by atoms with Crippen LogP contribution in [0.3, 0.4) is 0 Å². The molecule has 0 bridgehead atoms. The zero-order valence-electron chi connectivity index (χ0n) is 22.4. The normalized spacial score (nSPS) is 12.3. The van der Waals surface area contributed by atoms with E-state index < -0.39 is 17.6 Å². The molecule has 0 amide bonds. The van der Waals surface area contributed by atoms with Crippen molar-refractivity contribution in [2.75, 3.05) is 7.11 Å². The monoisotopic (exact) mass is 525 g/mol. The van der Waals surface area contributed by atoms with Gasteiger partial charge in [0, 0.05) is 6.42 Å². The van der Waals surface area contributed by atoms with Crippen molar-refractivity contribution in [3.8, 4) is 0 Å². The summed E-state index contributed by atoms with van der Waals surface area (Å²) >= 11 is 0. The maximum Gasteiger partial charge on any atom is 0.323 e. The van der Waals surface area contributed by atoms with Gasteiger partial charge in [-0.3, -0.25) is 14.9 Å². The largest absolute Gasteiger partial charge is 0.468 e. The van der Waals surface area contributed by atoms with Crippen molar-refractivity contribution >= 4 is 28.6 Å². The maximum absolute atomic E-state index is 13.3. The minimum Gasteiger partial charge on any atom is -0.468 e. The van der Waals surface area contributed by atoms with Crippen molar-refractivity contribution in [2.24, 2.45) is 0 Å². The van der Waals surface area contributed by atoms with E-state index in [1.165, 1.54) is 13.2 Å². The Labute approximate surface area is 235 Å². The number of hydrogen-bond acceptors (Lipinski definition) is 4. The summed E-state index contributed by atoms with van der Waals surface area (Å²) in [6, 6.07) is 43.2. The van der Waals surface area contributed by atoms with Gasteiger partial charge in [0.1, 0.15) is 6.04 Å². The fraction of sp³-hybridized carbons (Fsp3) is 0.111. The first-order chi connectivity index (χ1) is 19.6. The summed E-state index contributed by atoms with van der Waals surface area (Å²) in [6.07, 6.45) is 3.27. The van der Waals surface area contributed by atoms with Gasteiger partial charge in [-0.05, 0) is 45.2 Å². The molecule has 40 heavy (non-hydrogen) atoms. The summed E-state index contributed by atoms with van der Waals surface area (Å²) in [6.45, 7) is 0. The highest BCUT2D eigenvalue weighted by Crippen LogP contribution is 2.37. The van der Waals surface area contributed by atoms with E-state index in [2.05, 4.69) is 11.4 Å². The Hall–Kier alpha value is -4.80. The van der Waals surface area contributed by atoms with Crippen molar-refractivity contribution in [3.05, 3.63) is 162 Å². The molecule has 198 valence electrons. The quantitative estimate of drug-likeness (QED) is 0.122. The van der Waals surface area contributed by atoms with Crippen molar-refractivity contribution in [3.63, 3.8) is 0 Å². The molecule has 0 aliphatic rings. The van der Waals surface area contributed by atoms with Gasteiger partial charge in [0.2, 0.25) is 0 Å². The Kier molecular flexibility index (Phi) is 8.29. The van der Waals surface area contributed by atoms with Crippen molar-refractivity contribution in [1.29, 1.82) is 0 Å². The lowest BCUT2D eigenvalue weighted by atomic mass is 9.76. The average Bonchev–Trinajstić information content (AvgIpc) is 3.03. The van der Waals surface area contributed by atoms with Gasteiger partial charge in [-0.1, -0.05) is 133 Å². The predicted molar refractivity (Wildman–Crippen MR) is 161 cm³/mol. The number of benzene rings is 5. The van der Waals surface area contributed by atoms with Crippen LogP contribution in [-0.2, 0) is 19.9 Å². The number of hydrogen-bond donors (Lipinski definition) is 1. The van der Waals surface area contributed by atoms with Crippen LogP contribution in [-0.4, -0.2) is 24.9 Å². The van der Waals surface area contributed by atoms with Crippen LogP contribution in [0.4, 0.5) is 0 Å². The van der Waals surface area contributed by atoms with Gasteiger partial charge in [-0.2, -0.15) is 0 Å². The number of allylic oxidation sites excluding steroid dienone is 1. The second-order valence-electron chi connectivity index (χ2n) is 9.68. The number of nitrogens with one attached hydrogen (secondary N) is 1. The second kappa shape index (κ2) is 12.4. The van der Waals surface area contributed by atoms with Crippen LogP contribution >= 0.6 is 0 Å². The van der Waals surface area contributed by atoms with E-state index in [-0.39, 0.29) is 12.2 Å². The van der Waals surface area contributed by atoms with E-state index in [0.29, 0.717) is 0 Å². The lowest BCUT2D eigenvalue weighted by Crippen LogP contribution is -2.53. The third kappa shape index (κ3) is 5.78. The van der Waals surface area contributed by atoms with Gasteiger partial charge in [-0.15, -0.1) is 0 Å². The van der Waals surface area contributed by atoms with Crippen LogP contribution in [0.5, 0.6) is 0 Å². The highest BCUT2D eigenvalue weighted by Gasteiger charge is 2.40. The molecule has 0 spiro atoms. The van der Waals surface area contributed by atoms with Crippen LogP contribution < -0.4 is 5.32 Å². The molecular formula is C36H31NO3. The molecule has 1 atom stereocenters. The molecule has 1 N–H and O–H groups in total. The summed E-state index contributed by atoms with van der Waals surface area (Å²) in [5.41, 5.74) is 2.84. The minimum atomic E-state index is -0.912. The lowest BCUT2D eigenvalue weighted by molar-refractivity contribution is -0.144. The number of carbonyl (C=O) groups excluding carboxylic acids is 2. The fourth-order valence-corrected chi connectivity index (χ4v) is 5.18. The van der Waals surface area contributed by atoms with Gasteiger partial charge >= 0.3 is 5.97 Å². The number of carbonyl (C=O) groups is 2. The van der Waals surface area contributed by atoms with Crippen LogP contribution in [0.15, 0.2) is 140 Å². The second-order valence-corrected chi connectivity index (χ2v) is 9.68. The van der Waals surface area contributed by atoms with E-state index in [1.807, 2.05) is 127 Å². The number of methoxy groups -OCH3 is 1. The van der Waals surface area contributed by atoms with Gasteiger partial charge in [-0.25, -0.2) is 0 Å². The molecule has 0 unspecified atom stereocenters. The average molecular weight is 526 g/mol. The molecule has 0 saturated carbocycles. The molecule has 0 aromatic heterocycles. The molecule has 0 aliphatic heterocycles. The highest BCUT2D eigenvalue weighted by atomic mass is 16.5. The third-order valence-electron chi connectivity index (χ3n) is 7.14. The fourth-order valence-electron chi connectivity index (χ4n) is 5.18. The predicted octanol–water partition coefficient (Wildman–Crippen LogP) is 6.94. The van der Waals surface area contributed by atoms with E-state index in [9.17, 15) is 9.59 Å². The Balaban J connectivity index is 1.51. The number of fused-ring (bicyclic) bond motifs is 1. The van der Waals surface area contributed by atoms with Crippen molar-refractivity contribution in [2.45, 2.75) is 18.0 Å². The summed E-state index contributed by atoms with van der Waals surface area (Å²) in [7, 11) is 1.35. The molecule has 5 aromatic carbocycles. The van der Waals surface area contributed by atoms with Crippen LogP contribution in [0.25, 0.3) is 16.8 Å². The molecule has 4 nitrogen and oxygen atoms in total. The number of esters is 1. The Morgan fingerprint density at radius 3 is 1.73 bits per heavy atom. The van der Waals surface area contributed by atoms with Crippen molar-refractivity contribution in [1.82, 2.24) is 5.32 Å². The third-order valence-corrected chi connectivity index (χ3v) is 7.14. The number of ketones is 1. The Morgan fingerprint density at radius 2 is 1.20 bits per heavy atom. The first-order valence-electron chi connectivity index (χ1n) is 13.3. The van der Waals surface area contributed by atoms with Gasteiger partial charge in [0.15, 0.2) is 5.78 Å². The van der Waals surface area contributed by atoms with E-state index in [0.717, 1.165) is 33.0 Å². The molecule has 5 aromatic rings. The summed E-state index contributed by atoms with van der Waals surface area (Å²) < 4.78 is 5.20. The first kappa shape index (κ1) is 26.8. The van der Waals surface area contributed by atoms with Crippen LogP contribution in [0.2, 0.25) is 0 Å². The van der Waals surface area contributed by atoms with Gasteiger partial charge < -0.3 is 4.74 Å². The maximum atomic E-state index is 13.3. The van der Waals surface area contributed by atoms with Crippen LogP contribution in [0, 0.1) is 0 Å². The highest BCUT2D eigenvalue weighted by molar-refractivity contribution is 5.97. The van der Waals surface area contributed by atoms with Gasteiger partial charge in [0.05, 0.1) is 12.6 Å². The Morgan fingerprint density at radius 1 is 0.700 bits per heavy atom. The zero-order chi connectivity index (χ0) is 27.8. The molecule has 0 heterocycles. The zero-order valence-corrected chi connectivity index (χ0v) is 22.4. The van der Waals surface area contributed by atoms with Gasteiger partial charge in [0.25, 0.3) is 0 Å². The van der Waals surface area contributed by atoms with E-state index >= 15 is 0 Å². The molecule has 5 rings (SSSR count). The summed E-state index contributed by atoms with van der Waals surface area (Å²) in [4.78, 5) is 26.5. The Bertz CT molecular complexity index is 1520. The van der Waals surface area contributed by atoms with Crippen molar-refractivity contribution < 1.29 is 14.3 Å². The smallest absolute Gasteiger partial charge is 0.323 e. The SMILES string of the molecule is COC(=O)[C@H](CC(=O)/C=C/c1ccc2ccccc2c1)NC(c1ccccc1)(c1ccccc1)c1ccccc1. The molecule has 4 heteroatoms. The standard InChI is InChI=1S/C36H31NO3/c1-40-35(39)34(26-33(38)24-22-27-21-23-28-13-11-12-14-29(28)25-27)37-36(30-15-5-2-6-16-30,31-17-7-3-8-18-31)32-19-9-4-10-20-32/h2-25,34,37H,26H2,1H3/b24-22+/t34-/m0/s1. The molecular weight excluding hydrogens is 494 g/mol.